The molecule has 0 unspecified atom stereocenters. The Bertz CT molecular complexity index is 837. The topological polar surface area (TPSA) is 44.8 Å². The van der Waals surface area contributed by atoms with E-state index in [4.69, 9.17) is 4.74 Å². The summed E-state index contributed by atoms with van der Waals surface area (Å²) in [6.45, 7) is 4.82. The molecule has 5 heteroatoms. The summed E-state index contributed by atoms with van der Waals surface area (Å²) in [6.07, 6.45) is 2.59. The number of fused-ring (bicyclic) bond motifs is 1. The van der Waals surface area contributed by atoms with Gasteiger partial charge in [-0.15, -0.1) is 0 Å². The highest BCUT2D eigenvalue weighted by atomic mass is 16.5. The summed E-state index contributed by atoms with van der Waals surface area (Å²) < 4.78 is 5.54. The molecule has 2 aromatic rings. The minimum atomic E-state index is 0.0969. The standard InChI is InChI=1S/C22H29N3O2/c1-24-13-14-25(16-22(24)10-9-21(26)23-12-11-22)15-17-7-8-20(27-2)19-6-4-3-5-18(17)19/h3-8H,9-16H2,1-2H3,(H,23,26)/t22-/m0/s1. The van der Waals surface area contributed by atoms with Crippen molar-refractivity contribution in [1.29, 1.82) is 0 Å². The van der Waals surface area contributed by atoms with Gasteiger partial charge >= 0.3 is 0 Å². The van der Waals surface area contributed by atoms with Gasteiger partial charge in [0.2, 0.25) is 5.91 Å². The maximum atomic E-state index is 11.8. The molecule has 4 rings (SSSR count). The molecule has 2 aromatic carbocycles. The van der Waals surface area contributed by atoms with E-state index < -0.39 is 0 Å². The number of ether oxygens (including phenoxy) is 1. The molecule has 0 radical (unpaired) electrons. The maximum Gasteiger partial charge on any atom is 0.220 e. The number of benzene rings is 2. The first-order valence-corrected chi connectivity index (χ1v) is 9.86. The molecule has 2 heterocycles. The molecule has 5 nitrogen and oxygen atoms in total. The second-order valence-electron chi connectivity index (χ2n) is 7.93. The predicted octanol–water partition coefficient (Wildman–Crippen LogP) is 2.63. The Morgan fingerprint density at radius 1 is 1.11 bits per heavy atom. The Balaban J connectivity index is 1.58. The molecular weight excluding hydrogens is 338 g/mol. The number of amides is 1. The Labute approximate surface area is 161 Å². The number of hydrogen-bond acceptors (Lipinski definition) is 4. The van der Waals surface area contributed by atoms with Gasteiger partial charge in [0.25, 0.3) is 0 Å². The van der Waals surface area contributed by atoms with E-state index >= 15 is 0 Å². The molecule has 2 saturated heterocycles. The van der Waals surface area contributed by atoms with Crippen LogP contribution in [0.3, 0.4) is 0 Å². The van der Waals surface area contributed by atoms with Crippen LogP contribution in [-0.4, -0.2) is 61.6 Å². The summed E-state index contributed by atoms with van der Waals surface area (Å²) in [5.41, 5.74) is 1.44. The molecule has 0 aliphatic carbocycles. The van der Waals surface area contributed by atoms with Crippen LogP contribution in [0, 0.1) is 0 Å². The summed E-state index contributed by atoms with van der Waals surface area (Å²) in [5, 5.41) is 5.48. The van der Waals surface area contributed by atoms with Crippen molar-refractivity contribution >= 4 is 16.7 Å². The van der Waals surface area contributed by atoms with Crippen LogP contribution in [0.25, 0.3) is 10.8 Å². The molecule has 0 aromatic heterocycles. The molecule has 0 saturated carbocycles. The van der Waals surface area contributed by atoms with E-state index in [1.807, 2.05) is 0 Å². The monoisotopic (exact) mass is 367 g/mol. The zero-order valence-corrected chi connectivity index (χ0v) is 16.3. The second-order valence-corrected chi connectivity index (χ2v) is 7.93. The van der Waals surface area contributed by atoms with E-state index in [9.17, 15) is 4.79 Å². The van der Waals surface area contributed by atoms with Crippen molar-refractivity contribution in [3.63, 3.8) is 0 Å². The average Bonchev–Trinajstić information content (AvgIpc) is 2.87. The van der Waals surface area contributed by atoms with Crippen LogP contribution in [0.2, 0.25) is 0 Å². The van der Waals surface area contributed by atoms with Gasteiger partial charge in [-0.05, 0) is 36.9 Å². The number of piperazine rings is 1. The summed E-state index contributed by atoms with van der Waals surface area (Å²) in [5.74, 6) is 1.12. The molecule has 144 valence electrons. The van der Waals surface area contributed by atoms with Gasteiger partial charge < -0.3 is 10.1 Å². The molecule has 27 heavy (non-hydrogen) atoms. The van der Waals surface area contributed by atoms with Crippen LogP contribution in [0.5, 0.6) is 5.75 Å². The van der Waals surface area contributed by atoms with Crippen molar-refractivity contribution in [1.82, 2.24) is 15.1 Å². The smallest absolute Gasteiger partial charge is 0.220 e. The third-order valence-corrected chi connectivity index (χ3v) is 6.40. The van der Waals surface area contributed by atoms with Gasteiger partial charge in [-0.2, -0.15) is 0 Å². The van der Waals surface area contributed by atoms with Crippen molar-refractivity contribution in [3.8, 4) is 5.75 Å². The lowest BCUT2D eigenvalue weighted by Gasteiger charge is -2.49. The number of nitrogens with zero attached hydrogens (tertiary/aromatic N) is 2. The van der Waals surface area contributed by atoms with Crippen LogP contribution in [0.1, 0.15) is 24.8 Å². The quantitative estimate of drug-likeness (QED) is 0.906. The van der Waals surface area contributed by atoms with Crippen molar-refractivity contribution in [2.45, 2.75) is 31.3 Å². The molecule has 2 fully saturated rings. The number of carbonyl (C=O) groups excluding carboxylic acids is 1. The third-order valence-electron chi connectivity index (χ3n) is 6.40. The lowest BCUT2D eigenvalue weighted by atomic mass is 9.86. The Kier molecular flexibility index (Phi) is 5.06. The molecule has 1 spiro atoms. The number of hydrogen-bond donors (Lipinski definition) is 1. The summed E-state index contributed by atoms with van der Waals surface area (Å²) >= 11 is 0. The van der Waals surface area contributed by atoms with Crippen LogP contribution in [0.15, 0.2) is 36.4 Å². The van der Waals surface area contributed by atoms with Crippen molar-refractivity contribution < 1.29 is 9.53 Å². The van der Waals surface area contributed by atoms with E-state index in [0.29, 0.717) is 6.42 Å². The molecule has 2 aliphatic heterocycles. The first-order chi connectivity index (χ1) is 13.1. The average molecular weight is 367 g/mol. The predicted molar refractivity (Wildman–Crippen MR) is 108 cm³/mol. The van der Waals surface area contributed by atoms with Gasteiger partial charge in [-0.25, -0.2) is 0 Å². The minimum absolute atomic E-state index is 0.0969. The van der Waals surface area contributed by atoms with E-state index in [1.54, 1.807) is 7.11 Å². The first kappa shape index (κ1) is 18.3. The molecule has 1 atom stereocenters. The van der Waals surface area contributed by atoms with Gasteiger partial charge in [0.1, 0.15) is 5.75 Å². The number of likely N-dealkylation sites (N-methyl/N-ethyl adjacent to an activating group) is 1. The lowest BCUT2D eigenvalue weighted by molar-refractivity contribution is -0.121. The first-order valence-electron chi connectivity index (χ1n) is 9.86. The highest BCUT2D eigenvalue weighted by Crippen LogP contribution is 2.33. The third kappa shape index (κ3) is 3.54. The van der Waals surface area contributed by atoms with Crippen molar-refractivity contribution in [2.24, 2.45) is 0 Å². The number of nitrogens with one attached hydrogen (secondary N) is 1. The van der Waals surface area contributed by atoms with E-state index in [-0.39, 0.29) is 11.4 Å². The highest BCUT2D eigenvalue weighted by molar-refractivity contribution is 5.91. The fourth-order valence-corrected chi connectivity index (χ4v) is 4.70. The summed E-state index contributed by atoms with van der Waals surface area (Å²) in [4.78, 5) is 16.9. The van der Waals surface area contributed by atoms with E-state index in [0.717, 1.165) is 51.3 Å². The fraction of sp³-hybridized carbons (Fsp3) is 0.500. The van der Waals surface area contributed by atoms with Crippen molar-refractivity contribution in [3.05, 3.63) is 42.0 Å². The summed E-state index contributed by atoms with van der Waals surface area (Å²) in [7, 11) is 3.95. The van der Waals surface area contributed by atoms with Crippen LogP contribution >= 0.6 is 0 Å². The summed E-state index contributed by atoms with van der Waals surface area (Å²) in [6, 6.07) is 12.8. The van der Waals surface area contributed by atoms with Gasteiger partial charge in [0, 0.05) is 50.1 Å². The highest BCUT2D eigenvalue weighted by Gasteiger charge is 2.40. The second kappa shape index (κ2) is 7.49. The molecule has 2 aliphatic rings. The van der Waals surface area contributed by atoms with Gasteiger partial charge in [-0.3, -0.25) is 14.6 Å². The van der Waals surface area contributed by atoms with Crippen LogP contribution in [0.4, 0.5) is 0 Å². The van der Waals surface area contributed by atoms with Gasteiger partial charge in [0.05, 0.1) is 7.11 Å². The molecule has 1 N–H and O–H groups in total. The SMILES string of the molecule is COc1ccc(CN2CCN(C)[C@@]3(CCNC(=O)CC3)C2)c2ccccc12. The Morgan fingerprint density at radius 3 is 2.74 bits per heavy atom. The zero-order chi connectivity index (χ0) is 18.9. The minimum Gasteiger partial charge on any atom is -0.496 e. The van der Waals surface area contributed by atoms with Crippen LogP contribution in [-0.2, 0) is 11.3 Å². The normalized spacial score (nSPS) is 24.7. The van der Waals surface area contributed by atoms with Gasteiger partial charge in [-0.1, -0.05) is 30.3 Å². The maximum absolute atomic E-state index is 11.8. The van der Waals surface area contributed by atoms with Crippen LogP contribution < -0.4 is 10.1 Å². The van der Waals surface area contributed by atoms with E-state index in [1.165, 1.54) is 16.3 Å². The van der Waals surface area contributed by atoms with Gasteiger partial charge in [0.15, 0.2) is 0 Å². The van der Waals surface area contributed by atoms with E-state index in [2.05, 4.69) is 58.6 Å². The molecule has 1 amide bonds. The van der Waals surface area contributed by atoms with Crippen molar-refractivity contribution in [2.75, 3.05) is 40.3 Å². The zero-order valence-electron chi connectivity index (χ0n) is 16.3. The molecule has 0 bridgehead atoms. The fourth-order valence-electron chi connectivity index (χ4n) is 4.70. The largest absolute Gasteiger partial charge is 0.496 e. The molecular formula is C22H29N3O2. The Hall–Kier alpha value is -2.11. The lowest BCUT2D eigenvalue weighted by Crippen LogP contribution is -2.60. The number of methoxy groups -OCH3 is 1. The number of rotatable bonds is 3. The Morgan fingerprint density at radius 2 is 1.93 bits per heavy atom. The number of carbonyl (C=O) groups is 1.